The van der Waals surface area contributed by atoms with Crippen LogP contribution in [0.25, 0.3) is 0 Å². The molecule has 0 bridgehead atoms. The molecule has 0 aliphatic carbocycles. The molecular formula is C6H8N2S. The van der Waals surface area contributed by atoms with E-state index in [4.69, 9.17) is 0 Å². The van der Waals surface area contributed by atoms with Crippen molar-refractivity contribution in [3.05, 3.63) is 16.6 Å². The van der Waals surface area contributed by atoms with Crippen LogP contribution in [0.5, 0.6) is 0 Å². The fourth-order valence-electron chi connectivity index (χ4n) is 0.906. The van der Waals surface area contributed by atoms with Crippen LogP contribution in [0.4, 0.5) is 0 Å². The molecule has 1 N–H and O–H groups in total. The van der Waals surface area contributed by atoms with Crippen LogP contribution >= 0.6 is 11.3 Å². The summed E-state index contributed by atoms with van der Waals surface area (Å²) in [7, 11) is 0. The number of rotatable bonds is 1. The Labute approximate surface area is 57.9 Å². The summed E-state index contributed by atoms with van der Waals surface area (Å²) in [5.74, 6) is 0. The van der Waals surface area contributed by atoms with E-state index in [-0.39, 0.29) is 0 Å². The van der Waals surface area contributed by atoms with Gasteiger partial charge >= 0.3 is 0 Å². The predicted octanol–water partition coefficient (Wildman–Crippen LogP) is 1.18. The van der Waals surface area contributed by atoms with Crippen LogP contribution in [0, 0.1) is 0 Å². The first kappa shape index (κ1) is 5.38. The molecule has 1 aliphatic rings. The standard InChI is InChI=1S/C6H8N2S/c1-2-7-5(1)6-8-3-4-9-6/h3-5,7H,1-2H2. The highest BCUT2D eigenvalue weighted by molar-refractivity contribution is 7.09. The number of hydrogen-bond acceptors (Lipinski definition) is 3. The van der Waals surface area contributed by atoms with Crippen molar-refractivity contribution >= 4 is 11.3 Å². The zero-order valence-electron chi connectivity index (χ0n) is 5.00. The molecule has 9 heavy (non-hydrogen) atoms. The molecule has 0 radical (unpaired) electrons. The highest BCUT2D eigenvalue weighted by atomic mass is 32.1. The maximum Gasteiger partial charge on any atom is 0.110 e. The normalized spacial score (nSPS) is 25.6. The smallest absolute Gasteiger partial charge is 0.110 e. The number of aromatic nitrogens is 1. The van der Waals surface area contributed by atoms with Gasteiger partial charge < -0.3 is 5.32 Å². The fraction of sp³-hybridized carbons (Fsp3) is 0.500. The van der Waals surface area contributed by atoms with Gasteiger partial charge in [-0.05, 0) is 13.0 Å². The lowest BCUT2D eigenvalue weighted by atomic mass is 10.1. The highest BCUT2D eigenvalue weighted by Gasteiger charge is 2.19. The highest BCUT2D eigenvalue weighted by Crippen LogP contribution is 2.23. The molecule has 2 rings (SSSR count). The quantitative estimate of drug-likeness (QED) is 0.633. The Morgan fingerprint density at radius 3 is 3.11 bits per heavy atom. The molecule has 48 valence electrons. The van der Waals surface area contributed by atoms with Gasteiger partial charge in [-0.25, -0.2) is 4.98 Å². The Balaban J connectivity index is 2.14. The van der Waals surface area contributed by atoms with Gasteiger partial charge in [0.05, 0.1) is 6.04 Å². The van der Waals surface area contributed by atoms with Gasteiger partial charge in [0.25, 0.3) is 0 Å². The van der Waals surface area contributed by atoms with Gasteiger partial charge in [0.2, 0.25) is 0 Å². The zero-order chi connectivity index (χ0) is 6.10. The third kappa shape index (κ3) is 0.862. The minimum Gasteiger partial charge on any atom is -0.308 e. The Hall–Kier alpha value is -0.410. The van der Waals surface area contributed by atoms with E-state index in [0.717, 1.165) is 6.54 Å². The van der Waals surface area contributed by atoms with E-state index in [0.29, 0.717) is 6.04 Å². The molecule has 1 saturated heterocycles. The molecule has 0 amide bonds. The van der Waals surface area contributed by atoms with E-state index < -0.39 is 0 Å². The minimum atomic E-state index is 0.574. The van der Waals surface area contributed by atoms with Gasteiger partial charge in [-0.2, -0.15) is 0 Å². The van der Waals surface area contributed by atoms with Crippen molar-refractivity contribution in [2.45, 2.75) is 12.5 Å². The van der Waals surface area contributed by atoms with E-state index in [1.807, 2.05) is 11.6 Å². The van der Waals surface area contributed by atoms with Gasteiger partial charge in [0, 0.05) is 11.6 Å². The molecule has 1 aromatic heterocycles. The van der Waals surface area contributed by atoms with Crippen LogP contribution < -0.4 is 5.32 Å². The average molecular weight is 140 g/mol. The van der Waals surface area contributed by atoms with Crippen molar-refractivity contribution in [2.75, 3.05) is 6.54 Å². The fourth-order valence-corrected chi connectivity index (χ4v) is 1.65. The average Bonchev–Trinajstić information content (AvgIpc) is 2.11. The Morgan fingerprint density at radius 1 is 1.78 bits per heavy atom. The summed E-state index contributed by atoms with van der Waals surface area (Å²) in [5.41, 5.74) is 0. The summed E-state index contributed by atoms with van der Waals surface area (Å²) in [6.07, 6.45) is 3.12. The maximum atomic E-state index is 4.19. The summed E-state index contributed by atoms with van der Waals surface area (Å²) >= 11 is 1.73. The van der Waals surface area contributed by atoms with E-state index in [1.165, 1.54) is 11.4 Å². The van der Waals surface area contributed by atoms with Crippen molar-refractivity contribution in [2.24, 2.45) is 0 Å². The lowest BCUT2D eigenvalue weighted by Gasteiger charge is -2.24. The molecule has 3 heteroatoms. The van der Waals surface area contributed by atoms with E-state index in [1.54, 1.807) is 11.3 Å². The van der Waals surface area contributed by atoms with Crippen molar-refractivity contribution in [3.63, 3.8) is 0 Å². The number of thiazole rings is 1. The summed E-state index contributed by atoms with van der Waals surface area (Å²) < 4.78 is 0. The summed E-state index contributed by atoms with van der Waals surface area (Å²) in [4.78, 5) is 4.19. The first-order valence-electron chi connectivity index (χ1n) is 3.09. The molecular weight excluding hydrogens is 132 g/mol. The Morgan fingerprint density at radius 2 is 2.67 bits per heavy atom. The summed E-state index contributed by atoms with van der Waals surface area (Å²) in [6.45, 7) is 1.16. The van der Waals surface area contributed by atoms with Gasteiger partial charge in [0.1, 0.15) is 5.01 Å². The van der Waals surface area contributed by atoms with Crippen molar-refractivity contribution in [3.8, 4) is 0 Å². The van der Waals surface area contributed by atoms with Crippen LogP contribution in [-0.4, -0.2) is 11.5 Å². The molecule has 1 atom stereocenters. The SMILES string of the molecule is c1csc(C2CCN2)n1. The van der Waals surface area contributed by atoms with Crippen LogP contribution in [-0.2, 0) is 0 Å². The molecule has 0 saturated carbocycles. The topological polar surface area (TPSA) is 24.9 Å². The van der Waals surface area contributed by atoms with Gasteiger partial charge in [0.15, 0.2) is 0 Å². The Kier molecular flexibility index (Phi) is 1.24. The Bertz CT molecular complexity index is 179. The van der Waals surface area contributed by atoms with Crippen molar-refractivity contribution in [1.82, 2.24) is 10.3 Å². The molecule has 0 spiro atoms. The largest absolute Gasteiger partial charge is 0.308 e. The zero-order valence-corrected chi connectivity index (χ0v) is 5.82. The number of hydrogen-bond donors (Lipinski definition) is 1. The third-order valence-corrected chi connectivity index (χ3v) is 2.46. The van der Waals surface area contributed by atoms with E-state index >= 15 is 0 Å². The van der Waals surface area contributed by atoms with Gasteiger partial charge in [-0.3, -0.25) is 0 Å². The molecule has 2 nitrogen and oxygen atoms in total. The van der Waals surface area contributed by atoms with Gasteiger partial charge in [-0.1, -0.05) is 0 Å². The maximum absolute atomic E-state index is 4.19. The molecule has 1 unspecified atom stereocenters. The lowest BCUT2D eigenvalue weighted by molar-refractivity contribution is 0.382. The first-order valence-corrected chi connectivity index (χ1v) is 3.97. The van der Waals surface area contributed by atoms with Crippen LogP contribution in [0.3, 0.4) is 0 Å². The monoisotopic (exact) mass is 140 g/mol. The number of nitrogens with one attached hydrogen (secondary N) is 1. The summed E-state index contributed by atoms with van der Waals surface area (Å²) in [6, 6.07) is 0.574. The second-order valence-electron chi connectivity index (χ2n) is 2.17. The molecule has 1 aromatic rings. The van der Waals surface area contributed by atoms with Crippen molar-refractivity contribution < 1.29 is 0 Å². The van der Waals surface area contributed by atoms with E-state index in [2.05, 4.69) is 10.3 Å². The predicted molar refractivity (Wildman–Crippen MR) is 37.5 cm³/mol. The lowest BCUT2D eigenvalue weighted by Crippen LogP contribution is -2.34. The molecule has 2 heterocycles. The van der Waals surface area contributed by atoms with Crippen LogP contribution in [0.1, 0.15) is 17.5 Å². The number of nitrogens with zero attached hydrogens (tertiary/aromatic N) is 1. The van der Waals surface area contributed by atoms with E-state index in [9.17, 15) is 0 Å². The second kappa shape index (κ2) is 2.08. The van der Waals surface area contributed by atoms with Crippen LogP contribution in [0.2, 0.25) is 0 Å². The first-order chi connectivity index (χ1) is 4.47. The van der Waals surface area contributed by atoms with Crippen molar-refractivity contribution in [1.29, 1.82) is 0 Å². The van der Waals surface area contributed by atoms with Crippen LogP contribution in [0.15, 0.2) is 11.6 Å². The minimum absolute atomic E-state index is 0.574. The third-order valence-electron chi connectivity index (χ3n) is 1.57. The van der Waals surface area contributed by atoms with Gasteiger partial charge in [-0.15, -0.1) is 11.3 Å². The second-order valence-corrected chi connectivity index (χ2v) is 3.09. The molecule has 0 aromatic carbocycles. The molecule has 1 fully saturated rings. The summed E-state index contributed by atoms with van der Waals surface area (Å²) in [5, 5.41) is 6.56. The molecule has 1 aliphatic heterocycles.